The standard InChI is InChI=1S/C15H20O2/c1-15(2,3)14(16)17-13-10-6-8-11-7-4-5-9-12(11)13/h4-5,7,9,13H,6,8,10H2,1-3H3/t13-/m0/s1. The van der Waals surface area contributed by atoms with Crippen molar-refractivity contribution in [1.29, 1.82) is 0 Å². The number of esters is 1. The molecular weight excluding hydrogens is 212 g/mol. The quantitative estimate of drug-likeness (QED) is 0.691. The van der Waals surface area contributed by atoms with Crippen LogP contribution >= 0.6 is 0 Å². The number of ether oxygens (including phenoxy) is 1. The van der Waals surface area contributed by atoms with Crippen LogP contribution < -0.4 is 0 Å². The van der Waals surface area contributed by atoms with Crippen LogP contribution in [-0.4, -0.2) is 5.97 Å². The second-order valence-corrected chi connectivity index (χ2v) is 5.73. The Hall–Kier alpha value is -1.31. The Kier molecular flexibility index (Phi) is 3.23. The monoisotopic (exact) mass is 232 g/mol. The molecule has 0 spiro atoms. The number of hydrogen-bond donors (Lipinski definition) is 0. The number of rotatable bonds is 1. The van der Waals surface area contributed by atoms with Gasteiger partial charge in [0.05, 0.1) is 5.41 Å². The molecule has 1 aliphatic carbocycles. The van der Waals surface area contributed by atoms with Gasteiger partial charge in [0.15, 0.2) is 0 Å². The minimum Gasteiger partial charge on any atom is -0.457 e. The van der Waals surface area contributed by atoms with Gasteiger partial charge in [-0.1, -0.05) is 24.3 Å². The Morgan fingerprint density at radius 2 is 2.00 bits per heavy atom. The van der Waals surface area contributed by atoms with E-state index >= 15 is 0 Å². The number of benzene rings is 1. The van der Waals surface area contributed by atoms with Gasteiger partial charge in [0.2, 0.25) is 0 Å². The molecule has 0 radical (unpaired) electrons. The Balaban J connectivity index is 2.17. The third-order valence-corrected chi connectivity index (χ3v) is 3.18. The van der Waals surface area contributed by atoms with Crippen LogP contribution in [0.2, 0.25) is 0 Å². The fraction of sp³-hybridized carbons (Fsp3) is 0.533. The number of carbonyl (C=O) groups is 1. The first-order valence-corrected chi connectivity index (χ1v) is 6.27. The minimum absolute atomic E-state index is 0.0494. The maximum atomic E-state index is 11.9. The van der Waals surface area contributed by atoms with E-state index in [0.717, 1.165) is 19.3 Å². The van der Waals surface area contributed by atoms with Crippen LogP contribution in [0.5, 0.6) is 0 Å². The van der Waals surface area contributed by atoms with Gasteiger partial charge in [-0.15, -0.1) is 0 Å². The van der Waals surface area contributed by atoms with Crippen molar-refractivity contribution in [3.05, 3.63) is 35.4 Å². The predicted octanol–water partition coefficient (Wildman–Crippen LogP) is 3.65. The maximum Gasteiger partial charge on any atom is 0.311 e. The van der Waals surface area contributed by atoms with Crippen molar-refractivity contribution in [1.82, 2.24) is 0 Å². The van der Waals surface area contributed by atoms with Crippen molar-refractivity contribution >= 4 is 5.97 Å². The first-order chi connectivity index (χ1) is 7.98. The van der Waals surface area contributed by atoms with Crippen molar-refractivity contribution in [2.24, 2.45) is 5.41 Å². The van der Waals surface area contributed by atoms with Crippen molar-refractivity contribution in [3.63, 3.8) is 0 Å². The molecule has 1 aromatic rings. The van der Waals surface area contributed by atoms with Gasteiger partial charge in [-0.2, -0.15) is 0 Å². The van der Waals surface area contributed by atoms with E-state index in [1.807, 2.05) is 32.9 Å². The first-order valence-electron chi connectivity index (χ1n) is 6.27. The summed E-state index contributed by atoms with van der Waals surface area (Å²) in [6.07, 6.45) is 3.09. The lowest BCUT2D eigenvalue weighted by atomic mass is 9.89. The molecule has 1 aromatic carbocycles. The van der Waals surface area contributed by atoms with E-state index in [1.165, 1.54) is 11.1 Å². The summed E-state index contributed by atoms with van der Waals surface area (Å²) in [4.78, 5) is 11.9. The predicted molar refractivity (Wildman–Crippen MR) is 67.7 cm³/mol. The van der Waals surface area contributed by atoms with Crippen LogP contribution in [0.15, 0.2) is 24.3 Å². The lowest BCUT2D eigenvalue weighted by molar-refractivity contribution is -0.159. The summed E-state index contributed by atoms with van der Waals surface area (Å²) in [5.41, 5.74) is 2.09. The molecule has 0 aliphatic heterocycles. The fourth-order valence-electron chi connectivity index (χ4n) is 2.14. The van der Waals surface area contributed by atoms with E-state index in [1.54, 1.807) is 0 Å². The van der Waals surface area contributed by atoms with Gasteiger partial charge in [0.25, 0.3) is 0 Å². The second-order valence-electron chi connectivity index (χ2n) is 5.73. The van der Waals surface area contributed by atoms with Crippen molar-refractivity contribution in [2.75, 3.05) is 0 Å². The summed E-state index contributed by atoms with van der Waals surface area (Å²) < 4.78 is 5.64. The molecule has 0 unspecified atom stereocenters. The average Bonchev–Trinajstić information content (AvgIpc) is 2.28. The highest BCUT2D eigenvalue weighted by Gasteiger charge is 2.29. The van der Waals surface area contributed by atoms with E-state index in [2.05, 4.69) is 12.1 Å². The van der Waals surface area contributed by atoms with Gasteiger partial charge in [-0.3, -0.25) is 4.79 Å². The van der Waals surface area contributed by atoms with Crippen LogP contribution in [0.1, 0.15) is 50.8 Å². The molecule has 0 saturated heterocycles. The molecule has 17 heavy (non-hydrogen) atoms. The van der Waals surface area contributed by atoms with Crippen molar-refractivity contribution in [2.45, 2.75) is 46.1 Å². The molecule has 2 rings (SSSR count). The molecule has 0 saturated carbocycles. The van der Waals surface area contributed by atoms with Gasteiger partial charge in [0, 0.05) is 0 Å². The zero-order valence-electron chi connectivity index (χ0n) is 10.8. The first kappa shape index (κ1) is 12.2. The van der Waals surface area contributed by atoms with E-state index in [0.29, 0.717) is 0 Å². The molecule has 0 heterocycles. The van der Waals surface area contributed by atoms with Crippen LogP contribution in [-0.2, 0) is 16.0 Å². The highest BCUT2D eigenvalue weighted by Crippen LogP contribution is 2.34. The van der Waals surface area contributed by atoms with Gasteiger partial charge < -0.3 is 4.74 Å². The smallest absolute Gasteiger partial charge is 0.311 e. The molecule has 92 valence electrons. The largest absolute Gasteiger partial charge is 0.457 e. The molecule has 1 aliphatic rings. The normalized spacial score (nSPS) is 19.6. The fourth-order valence-corrected chi connectivity index (χ4v) is 2.14. The molecule has 0 aromatic heterocycles. The average molecular weight is 232 g/mol. The van der Waals surface area contributed by atoms with E-state index < -0.39 is 5.41 Å². The number of fused-ring (bicyclic) bond motifs is 1. The molecule has 0 N–H and O–H groups in total. The Labute approximate surface area is 103 Å². The van der Waals surface area contributed by atoms with Gasteiger partial charge in [0.1, 0.15) is 6.10 Å². The highest BCUT2D eigenvalue weighted by atomic mass is 16.5. The summed E-state index contributed by atoms with van der Waals surface area (Å²) in [6.45, 7) is 5.68. The van der Waals surface area contributed by atoms with Gasteiger partial charge in [-0.05, 0) is 51.2 Å². The summed E-state index contributed by atoms with van der Waals surface area (Å²) in [7, 11) is 0. The van der Waals surface area contributed by atoms with Crippen LogP contribution in [0.3, 0.4) is 0 Å². The highest BCUT2D eigenvalue weighted by molar-refractivity contribution is 5.75. The Morgan fingerprint density at radius 3 is 2.71 bits per heavy atom. The summed E-state index contributed by atoms with van der Waals surface area (Å²) in [5.74, 6) is -0.112. The number of hydrogen-bond acceptors (Lipinski definition) is 2. The number of aryl methyl sites for hydroxylation is 1. The third kappa shape index (κ3) is 2.68. The SMILES string of the molecule is CC(C)(C)C(=O)O[C@H]1CCCc2ccccc21. The minimum atomic E-state index is -0.424. The maximum absolute atomic E-state index is 11.9. The zero-order valence-corrected chi connectivity index (χ0v) is 10.8. The number of carbonyl (C=O) groups excluding carboxylic acids is 1. The zero-order chi connectivity index (χ0) is 12.5. The van der Waals surface area contributed by atoms with E-state index in [9.17, 15) is 4.79 Å². The van der Waals surface area contributed by atoms with E-state index in [-0.39, 0.29) is 12.1 Å². The van der Waals surface area contributed by atoms with Gasteiger partial charge in [-0.25, -0.2) is 0 Å². The molecule has 0 amide bonds. The molecule has 2 nitrogen and oxygen atoms in total. The lowest BCUT2D eigenvalue weighted by Crippen LogP contribution is -2.26. The Morgan fingerprint density at radius 1 is 1.29 bits per heavy atom. The molecule has 2 heteroatoms. The Bertz CT molecular complexity index is 415. The van der Waals surface area contributed by atoms with Crippen molar-refractivity contribution < 1.29 is 9.53 Å². The molecule has 0 fully saturated rings. The molecule has 1 atom stereocenters. The summed E-state index contributed by atoms with van der Waals surface area (Å²) in [5, 5.41) is 0. The summed E-state index contributed by atoms with van der Waals surface area (Å²) in [6, 6.07) is 8.27. The molecular formula is C15H20O2. The van der Waals surface area contributed by atoms with Gasteiger partial charge >= 0.3 is 5.97 Å². The summed E-state index contributed by atoms with van der Waals surface area (Å²) >= 11 is 0. The van der Waals surface area contributed by atoms with Crippen LogP contribution in [0, 0.1) is 5.41 Å². The van der Waals surface area contributed by atoms with Crippen LogP contribution in [0.4, 0.5) is 0 Å². The molecule has 0 bridgehead atoms. The lowest BCUT2D eigenvalue weighted by Gasteiger charge is -2.28. The van der Waals surface area contributed by atoms with E-state index in [4.69, 9.17) is 4.74 Å². The van der Waals surface area contributed by atoms with Crippen LogP contribution in [0.25, 0.3) is 0 Å². The van der Waals surface area contributed by atoms with Crippen molar-refractivity contribution in [3.8, 4) is 0 Å². The second kappa shape index (κ2) is 4.52. The third-order valence-electron chi connectivity index (χ3n) is 3.18. The topological polar surface area (TPSA) is 26.3 Å².